The van der Waals surface area contributed by atoms with E-state index in [2.05, 4.69) is 4.74 Å². The van der Waals surface area contributed by atoms with Crippen LogP contribution in [0.25, 0.3) is 0 Å². The molecule has 2 aromatic carbocycles. The summed E-state index contributed by atoms with van der Waals surface area (Å²) in [6.45, 7) is -1.03. The van der Waals surface area contributed by atoms with Crippen molar-refractivity contribution in [2.24, 2.45) is 0 Å². The molecule has 0 bridgehead atoms. The Bertz CT molecular complexity index is 974. The van der Waals surface area contributed by atoms with Gasteiger partial charge in [0.2, 0.25) is 0 Å². The number of hydrogen-bond acceptors (Lipinski definition) is 5. The second-order valence-electron chi connectivity index (χ2n) is 5.84. The van der Waals surface area contributed by atoms with Crippen molar-refractivity contribution in [1.82, 2.24) is 10.9 Å². The highest BCUT2D eigenvalue weighted by molar-refractivity contribution is 5.96. The Labute approximate surface area is 168 Å². The molecule has 8 nitrogen and oxygen atoms in total. The number of carbonyl (C=O) groups is 2. The molecule has 2 amide bonds. The fourth-order valence-electron chi connectivity index (χ4n) is 2.15. The van der Waals surface area contributed by atoms with Gasteiger partial charge in [0, 0.05) is 17.7 Å². The van der Waals surface area contributed by atoms with Crippen LogP contribution in [-0.2, 0) is 17.1 Å². The lowest BCUT2D eigenvalue weighted by Gasteiger charge is -2.15. The molecule has 0 radical (unpaired) electrons. The number of ether oxygens (including phenoxy) is 1. The highest BCUT2D eigenvalue weighted by Gasteiger charge is 2.37. The zero-order chi connectivity index (χ0) is 23.4. The fraction of sp³-hybridized carbons (Fsp3) is 0.176. The van der Waals surface area contributed by atoms with Gasteiger partial charge in [0.25, 0.3) is 17.5 Å². The van der Waals surface area contributed by atoms with E-state index < -0.39 is 58.3 Å². The highest BCUT2D eigenvalue weighted by Crippen LogP contribution is 2.38. The summed E-state index contributed by atoms with van der Waals surface area (Å²) in [5.74, 6) is -2.96. The van der Waals surface area contributed by atoms with Gasteiger partial charge in [0.15, 0.2) is 6.61 Å². The number of rotatable bonds is 5. The van der Waals surface area contributed by atoms with Crippen molar-refractivity contribution in [1.29, 1.82) is 0 Å². The van der Waals surface area contributed by atoms with Crippen molar-refractivity contribution in [3.63, 3.8) is 0 Å². The van der Waals surface area contributed by atoms with Crippen molar-refractivity contribution in [2.75, 3.05) is 6.61 Å². The molecule has 31 heavy (non-hydrogen) atoms. The van der Waals surface area contributed by atoms with E-state index in [9.17, 15) is 46.0 Å². The third-order valence-electron chi connectivity index (χ3n) is 3.57. The topological polar surface area (TPSA) is 111 Å². The number of alkyl halides is 6. The molecule has 14 heteroatoms. The molecule has 0 spiro atoms. The van der Waals surface area contributed by atoms with E-state index in [0.717, 1.165) is 12.1 Å². The Morgan fingerprint density at radius 2 is 1.52 bits per heavy atom. The Kier molecular flexibility index (Phi) is 6.72. The number of carbonyl (C=O) groups excluding carboxylic acids is 2. The van der Waals surface area contributed by atoms with Gasteiger partial charge in [-0.3, -0.25) is 30.6 Å². The van der Waals surface area contributed by atoms with Crippen LogP contribution in [0, 0.1) is 10.1 Å². The van der Waals surface area contributed by atoms with Crippen LogP contribution in [0.3, 0.4) is 0 Å². The lowest BCUT2D eigenvalue weighted by atomic mass is 10.1. The molecule has 0 heterocycles. The van der Waals surface area contributed by atoms with Gasteiger partial charge in [-0.15, -0.1) is 0 Å². The molecule has 0 saturated carbocycles. The van der Waals surface area contributed by atoms with Crippen LogP contribution >= 0.6 is 0 Å². The average molecular weight is 451 g/mol. The molecule has 0 aliphatic carbocycles. The van der Waals surface area contributed by atoms with E-state index >= 15 is 0 Å². The fourth-order valence-corrected chi connectivity index (χ4v) is 2.15. The molecule has 0 fully saturated rings. The van der Waals surface area contributed by atoms with Crippen LogP contribution in [-0.4, -0.2) is 23.3 Å². The van der Waals surface area contributed by atoms with E-state index in [1.165, 1.54) is 12.1 Å². The van der Waals surface area contributed by atoms with Gasteiger partial charge < -0.3 is 4.74 Å². The molecule has 2 aromatic rings. The Hall–Kier alpha value is -3.84. The van der Waals surface area contributed by atoms with Gasteiger partial charge in [-0.05, 0) is 24.3 Å². The van der Waals surface area contributed by atoms with Crippen LogP contribution in [0.1, 0.15) is 21.5 Å². The van der Waals surface area contributed by atoms with Crippen LogP contribution in [0.4, 0.5) is 32.0 Å². The van der Waals surface area contributed by atoms with E-state index in [0.29, 0.717) is 0 Å². The number of hydrogen-bond donors (Lipinski definition) is 2. The number of amides is 2. The Balaban J connectivity index is 2.02. The second-order valence-corrected chi connectivity index (χ2v) is 5.84. The maximum atomic E-state index is 12.8. The SMILES string of the molecule is O=C(COc1cc(C(F)(F)F)cc(C(F)(F)F)c1)NNC(=O)c1cccc([N+](=O)[O-])c1. The number of nitrogens with zero attached hydrogens (tertiary/aromatic N) is 1. The first-order chi connectivity index (χ1) is 14.3. The van der Waals surface area contributed by atoms with Gasteiger partial charge >= 0.3 is 12.4 Å². The molecule has 2 rings (SSSR count). The van der Waals surface area contributed by atoms with Crippen molar-refractivity contribution < 1.29 is 45.6 Å². The van der Waals surface area contributed by atoms with E-state index in [4.69, 9.17) is 0 Å². The maximum absolute atomic E-state index is 12.8. The van der Waals surface area contributed by atoms with Crippen LogP contribution < -0.4 is 15.6 Å². The normalized spacial score (nSPS) is 11.5. The van der Waals surface area contributed by atoms with Crippen molar-refractivity contribution in [2.45, 2.75) is 12.4 Å². The molecule has 0 aliphatic heterocycles. The monoisotopic (exact) mass is 451 g/mol. The average Bonchev–Trinajstić information content (AvgIpc) is 2.69. The maximum Gasteiger partial charge on any atom is 0.416 e. The number of nitro groups is 1. The summed E-state index contributed by atoms with van der Waals surface area (Å²) in [4.78, 5) is 33.5. The minimum Gasteiger partial charge on any atom is -0.484 e. The summed E-state index contributed by atoms with van der Waals surface area (Å²) < 4.78 is 81.4. The highest BCUT2D eigenvalue weighted by atomic mass is 19.4. The first kappa shape index (κ1) is 23.4. The lowest BCUT2D eigenvalue weighted by Crippen LogP contribution is -2.43. The predicted octanol–water partition coefficient (Wildman–Crippen LogP) is 3.47. The second kappa shape index (κ2) is 8.89. The number of non-ortho nitro benzene ring substituents is 1. The Morgan fingerprint density at radius 3 is 2.03 bits per heavy atom. The van der Waals surface area contributed by atoms with Crippen LogP contribution in [0.15, 0.2) is 42.5 Å². The molecule has 0 aromatic heterocycles. The predicted molar refractivity (Wildman–Crippen MR) is 90.6 cm³/mol. The number of nitrogens with one attached hydrogen (secondary N) is 2. The van der Waals surface area contributed by atoms with Crippen molar-refractivity contribution in [3.8, 4) is 5.75 Å². The van der Waals surface area contributed by atoms with Gasteiger partial charge in [0.1, 0.15) is 5.75 Å². The van der Waals surface area contributed by atoms with Gasteiger partial charge in [-0.1, -0.05) is 6.07 Å². The molecular formula is C17H11F6N3O5. The first-order valence-corrected chi connectivity index (χ1v) is 8.03. The molecule has 0 atom stereocenters. The van der Waals surface area contributed by atoms with Crippen molar-refractivity contribution >= 4 is 17.5 Å². The van der Waals surface area contributed by atoms with Crippen LogP contribution in [0.5, 0.6) is 5.75 Å². The molecule has 2 N–H and O–H groups in total. The van der Waals surface area contributed by atoms with Gasteiger partial charge in [-0.2, -0.15) is 26.3 Å². The number of halogens is 6. The summed E-state index contributed by atoms with van der Waals surface area (Å²) in [7, 11) is 0. The third kappa shape index (κ3) is 6.58. The third-order valence-corrected chi connectivity index (χ3v) is 3.57. The number of benzene rings is 2. The molecule has 0 aliphatic rings. The molecule has 0 saturated heterocycles. The summed E-state index contributed by atoms with van der Waals surface area (Å²) >= 11 is 0. The summed E-state index contributed by atoms with van der Waals surface area (Å²) in [5.41, 5.74) is -0.161. The van der Waals surface area contributed by atoms with Crippen molar-refractivity contribution in [3.05, 3.63) is 69.3 Å². The van der Waals surface area contributed by atoms with E-state index in [1.54, 1.807) is 0 Å². The standard InChI is InChI=1S/C17H11F6N3O5/c18-16(19,20)10-5-11(17(21,22)23)7-13(6-10)31-8-14(27)24-25-15(28)9-2-1-3-12(4-9)26(29)30/h1-7H,8H2,(H,24,27)(H,25,28). The van der Waals surface area contributed by atoms with Gasteiger partial charge in [-0.25, -0.2) is 0 Å². The summed E-state index contributed by atoms with van der Waals surface area (Å²) in [6.07, 6.45) is -10.2. The first-order valence-electron chi connectivity index (χ1n) is 8.03. The lowest BCUT2D eigenvalue weighted by molar-refractivity contribution is -0.384. The molecular weight excluding hydrogens is 440 g/mol. The van der Waals surface area contributed by atoms with E-state index in [-0.39, 0.29) is 23.8 Å². The van der Waals surface area contributed by atoms with Gasteiger partial charge in [0.05, 0.1) is 16.1 Å². The largest absolute Gasteiger partial charge is 0.484 e. The minimum atomic E-state index is -5.09. The summed E-state index contributed by atoms with van der Waals surface area (Å²) in [5, 5.41) is 10.7. The molecule has 0 unspecified atom stereocenters. The van der Waals surface area contributed by atoms with E-state index in [1.807, 2.05) is 10.9 Å². The summed E-state index contributed by atoms with van der Waals surface area (Å²) in [6, 6.07) is 4.91. The zero-order valence-corrected chi connectivity index (χ0v) is 15.0. The minimum absolute atomic E-state index is 0.105. The Morgan fingerprint density at radius 1 is 0.935 bits per heavy atom. The quantitative estimate of drug-likeness (QED) is 0.411. The molecule has 166 valence electrons. The smallest absolute Gasteiger partial charge is 0.416 e. The number of nitro benzene ring substituents is 1. The number of hydrazine groups is 1. The zero-order valence-electron chi connectivity index (χ0n) is 15.0. The van der Waals surface area contributed by atoms with Crippen LogP contribution in [0.2, 0.25) is 0 Å².